The summed E-state index contributed by atoms with van der Waals surface area (Å²) >= 11 is 5.74. The highest BCUT2D eigenvalue weighted by Crippen LogP contribution is 2.24. The number of nitrogens with zero attached hydrogens (tertiary/aromatic N) is 3. The SMILES string of the molecule is CC1CN(C)CCCN1c1nccc(CCl)c1F. The van der Waals surface area contributed by atoms with E-state index in [0.29, 0.717) is 11.4 Å². The van der Waals surface area contributed by atoms with Crippen molar-refractivity contribution in [3.8, 4) is 0 Å². The number of likely N-dealkylation sites (N-methyl/N-ethyl adjacent to an activating group) is 1. The smallest absolute Gasteiger partial charge is 0.170 e. The zero-order valence-corrected chi connectivity index (χ0v) is 11.6. The lowest BCUT2D eigenvalue weighted by Gasteiger charge is -2.29. The predicted molar refractivity (Wildman–Crippen MR) is 72.7 cm³/mol. The minimum atomic E-state index is -0.274. The van der Waals surface area contributed by atoms with Gasteiger partial charge < -0.3 is 9.80 Å². The van der Waals surface area contributed by atoms with Gasteiger partial charge in [0.15, 0.2) is 11.6 Å². The Hall–Kier alpha value is -0.870. The summed E-state index contributed by atoms with van der Waals surface area (Å²) in [6.07, 6.45) is 2.66. The molecule has 1 aliphatic heterocycles. The molecule has 0 aliphatic carbocycles. The van der Waals surface area contributed by atoms with E-state index in [1.54, 1.807) is 12.3 Å². The molecule has 2 rings (SSSR count). The van der Waals surface area contributed by atoms with Crippen molar-refractivity contribution < 1.29 is 4.39 Å². The molecule has 1 unspecified atom stereocenters. The van der Waals surface area contributed by atoms with Gasteiger partial charge in [-0.1, -0.05) is 0 Å². The molecule has 1 atom stereocenters. The molecule has 0 spiro atoms. The Balaban J connectivity index is 2.29. The minimum absolute atomic E-state index is 0.184. The molecule has 0 amide bonds. The molecule has 1 aromatic heterocycles. The van der Waals surface area contributed by atoms with Crippen LogP contribution in [0.1, 0.15) is 18.9 Å². The molecule has 1 aliphatic rings. The van der Waals surface area contributed by atoms with Crippen molar-refractivity contribution in [2.75, 3.05) is 31.6 Å². The molecule has 3 nitrogen and oxygen atoms in total. The Kier molecular flexibility index (Phi) is 4.40. The Morgan fingerprint density at radius 3 is 3.00 bits per heavy atom. The summed E-state index contributed by atoms with van der Waals surface area (Å²) in [4.78, 5) is 8.52. The van der Waals surface area contributed by atoms with Gasteiger partial charge in [0.05, 0.1) is 5.88 Å². The molecule has 0 radical (unpaired) electrons. The van der Waals surface area contributed by atoms with Crippen molar-refractivity contribution >= 4 is 17.4 Å². The van der Waals surface area contributed by atoms with Crippen LogP contribution in [-0.2, 0) is 5.88 Å². The van der Waals surface area contributed by atoms with Crippen LogP contribution in [-0.4, -0.2) is 42.6 Å². The van der Waals surface area contributed by atoms with Crippen LogP contribution in [0.15, 0.2) is 12.3 Å². The molecule has 1 saturated heterocycles. The van der Waals surface area contributed by atoms with Crippen LogP contribution >= 0.6 is 11.6 Å². The second-order valence-corrected chi connectivity index (χ2v) is 5.17. The molecule has 0 bridgehead atoms. The summed E-state index contributed by atoms with van der Waals surface area (Å²) in [5, 5.41) is 0. The highest BCUT2D eigenvalue weighted by atomic mass is 35.5. The number of anilines is 1. The van der Waals surface area contributed by atoms with Gasteiger partial charge in [0, 0.05) is 30.9 Å². The van der Waals surface area contributed by atoms with Gasteiger partial charge in [-0.15, -0.1) is 11.6 Å². The van der Waals surface area contributed by atoms with Crippen LogP contribution in [0, 0.1) is 5.82 Å². The molecular weight excluding hydrogens is 253 g/mol. The summed E-state index contributed by atoms with van der Waals surface area (Å²) in [5.74, 6) is 0.351. The summed E-state index contributed by atoms with van der Waals surface area (Å²) in [6.45, 7) is 4.90. The average molecular weight is 272 g/mol. The molecule has 2 heterocycles. The predicted octanol–water partition coefficient (Wildman–Crippen LogP) is 2.49. The molecule has 100 valence electrons. The molecule has 18 heavy (non-hydrogen) atoms. The lowest BCUT2D eigenvalue weighted by atomic mass is 10.2. The van der Waals surface area contributed by atoms with Crippen molar-refractivity contribution in [2.24, 2.45) is 0 Å². The normalized spacial score (nSPS) is 22.0. The van der Waals surface area contributed by atoms with E-state index >= 15 is 0 Å². The third-order valence-electron chi connectivity index (χ3n) is 3.41. The van der Waals surface area contributed by atoms with E-state index in [-0.39, 0.29) is 17.7 Å². The van der Waals surface area contributed by atoms with E-state index in [1.165, 1.54) is 0 Å². The van der Waals surface area contributed by atoms with E-state index < -0.39 is 0 Å². The first-order valence-corrected chi connectivity index (χ1v) is 6.81. The first-order valence-electron chi connectivity index (χ1n) is 6.28. The third kappa shape index (κ3) is 2.75. The van der Waals surface area contributed by atoms with Crippen LogP contribution in [0.4, 0.5) is 10.2 Å². The Labute approximate surface area is 113 Å². The monoisotopic (exact) mass is 271 g/mol. The maximum absolute atomic E-state index is 14.3. The van der Waals surface area contributed by atoms with Crippen LogP contribution < -0.4 is 4.90 Å². The Morgan fingerprint density at radius 1 is 1.50 bits per heavy atom. The van der Waals surface area contributed by atoms with Crippen molar-refractivity contribution in [3.05, 3.63) is 23.6 Å². The fourth-order valence-corrected chi connectivity index (χ4v) is 2.67. The molecule has 5 heteroatoms. The second-order valence-electron chi connectivity index (χ2n) is 4.90. The summed E-state index contributed by atoms with van der Waals surface area (Å²) < 4.78 is 14.3. The van der Waals surface area contributed by atoms with E-state index in [1.807, 2.05) is 0 Å². The molecule has 0 aromatic carbocycles. The molecule has 0 N–H and O–H groups in total. The number of hydrogen-bond acceptors (Lipinski definition) is 3. The Morgan fingerprint density at radius 2 is 2.28 bits per heavy atom. The third-order valence-corrected chi connectivity index (χ3v) is 3.70. The van der Waals surface area contributed by atoms with Crippen molar-refractivity contribution in [2.45, 2.75) is 25.3 Å². The minimum Gasteiger partial charge on any atom is -0.350 e. The molecule has 1 aromatic rings. The van der Waals surface area contributed by atoms with E-state index in [0.717, 1.165) is 26.1 Å². The number of pyridine rings is 1. The quantitative estimate of drug-likeness (QED) is 0.771. The summed E-state index contributed by atoms with van der Waals surface area (Å²) in [7, 11) is 2.10. The van der Waals surface area contributed by atoms with Gasteiger partial charge in [0.1, 0.15) is 0 Å². The highest BCUT2D eigenvalue weighted by Gasteiger charge is 2.24. The highest BCUT2D eigenvalue weighted by molar-refractivity contribution is 6.17. The van der Waals surface area contributed by atoms with Gasteiger partial charge >= 0.3 is 0 Å². The lowest BCUT2D eigenvalue weighted by molar-refractivity contribution is 0.336. The topological polar surface area (TPSA) is 19.4 Å². The van der Waals surface area contributed by atoms with Gasteiger partial charge in [-0.2, -0.15) is 0 Å². The molecular formula is C13H19ClFN3. The summed E-state index contributed by atoms with van der Waals surface area (Å²) in [6, 6.07) is 1.89. The number of aromatic nitrogens is 1. The lowest BCUT2D eigenvalue weighted by Crippen LogP contribution is -2.39. The number of hydrogen-bond donors (Lipinski definition) is 0. The van der Waals surface area contributed by atoms with Crippen molar-refractivity contribution in [1.29, 1.82) is 0 Å². The first kappa shape index (κ1) is 13.6. The maximum atomic E-state index is 14.3. The maximum Gasteiger partial charge on any atom is 0.170 e. The van der Waals surface area contributed by atoms with E-state index in [4.69, 9.17) is 11.6 Å². The average Bonchev–Trinajstić information content (AvgIpc) is 2.51. The number of halogens is 2. The van der Waals surface area contributed by atoms with Gasteiger partial charge in [-0.25, -0.2) is 9.37 Å². The van der Waals surface area contributed by atoms with Crippen LogP contribution in [0.25, 0.3) is 0 Å². The van der Waals surface area contributed by atoms with Gasteiger partial charge in [0.25, 0.3) is 0 Å². The molecule has 0 saturated carbocycles. The van der Waals surface area contributed by atoms with Crippen LogP contribution in [0.2, 0.25) is 0 Å². The second kappa shape index (κ2) is 5.85. The van der Waals surface area contributed by atoms with Gasteiger partial charge in [0.2, 0.25) is 0 Å². The fraction of sp³-hybridized carbons (Fsp3) is 0.615. The number of alkyl halides is 1. The van der Waals surface area contributed by atoms with Gasteiger partial charge in [-0.05, 0) is 33.0 Å². The first-order chi connectivity index (χ1) is 8.63. The number of rotatable bonds is 2. The van der Waals surface area contributed by atoms with Crippen molar-refractivity contribution in [3.63, 3.8) is 0 Å². The van der Waals surface area contributed by atoms with E-state index in [2.05, 4.69) is 28.8 Å². The Bertz CT molecular complexity index is 413. The zero-order valence-electron chi connectivity index (χ0n) is 10.9. The standard InChI is InChI=1S/C13H19ClFN3/c1-10-9-17(2)6-3-7-18(10)13-12(15)11(8-14)4-5-16-13/h4-5,10H,3,6-9H2,1-2H3. The van der Waals surface area contributed by atoms with Crippen LogP contribution in [0.5, 0.6) is 0 Å². The summed E-state index contributed by atoms with van der Waals surface area (Å²) in [5.41, 5.74) is 0.520. The fourth-order valence-electron chi connectivity index (χ4n) is 2.46. The van der Waals surface area contributed by atoms with Crippen molar-refractivity contribution in [1.82, 2.24) is 9.88 Å². The van der Waals surface area contributed by atoms with Crippen LogP contribution in [0.3, 0.4) is 0 Å². The largest absolute Gasteiger partial charge is 0.350 e. The molecule has 1 fully saturated rings. The van der Waals surface area contributed by atoms with E-state index in [9.17, 15) is 4.39 Å². The zero-order chi connectivity index (χ0) is 13.1. The van der Waals surface area contributed by atoms with Gasteiger partial charge in [-0.3, -0.25) is 0 Å².